The minimum Gasteiger partial charge on any atom is -0.494 e. The maximum Gasteiger partial charge on any atom is 0.112 e. The van der Waals surface area contributed by atoms with E-state index in [1.807, 2.05) is 59.3 Å². The zero-order chi connectivity index (χ0) is 40.7. The van der Waals surface area contributed by atoms with Gasteiger partial charge in [-0.05, 0) is 39.2 Å². The zero-order valence-electron chi connectivity index (χ0n) is 34.2. The van der Waals surface area contributed by atoms with E-state index in [1.165, 1.54) is 37.4 Å². The van der Waals surface area contributed by atoms with Gasteiger partial charge in [-0.2, -0.15) is 6.58 Å². The molecule has 6 aromatic rings. The summed E-state index contributed by atoms with van der Waals surface area (Å²) in [6, 6.07) is 44.3. The minimum atomic E-state index is -1.55. The van der Waals surface area contributed by atoms with Crippen molar-refractivity contribution in [3.63, 3.8) is 0 Å². The average molecular weight is 1180 g/mol. The molecular formula is C52H46Au2N4Si2-4. The van der Waals surface area contributed by atoms with Crippen molar-refractivity contribution in [3.8, 4) is 28.7 Å². The minimum absolute atomic E-state index is 0. The van der Waals surface area contributed by atoms with Crippen molar-refractivity contribution in [2.45, 2.75) is 45.1 Å². The molecule has 0 N–H and O–H groups in total. The Morgan fingerprint density at radius 3 is 2.10 bits per heavy atom. The molecule has 0 aliphatic carbocycles. The maximum atomic E-state index is 7.26. The molecule has 0 saturated heterocycles. The fourth-order valence-corrected chi connectivity index (χ4v) is 13.6. The first-order chi connectivity index (χ1) is 28.1. The van der Waals surface area contributed by atoms with Crippen molar-refractivity contribution < 1.29 is 44.8 Å². The van der Waals surface area contributed by atoms with Gasteiger partial charge in [0.1, 0.15) is 16.1 Å². The van der Waals surface area contributed by atoms with Crippen molar-refractivity contribution in [3.05, 3.63) is 199 Å². The summed E-state index contributed by atoms with van der Waals surface area (Å²) >= 11 is 0. The third-order valence-corrected chi connectivity index (χ3v) is 18.3. The Labute approximate surface area is 390 Å². The molecule has 9 rings (SSSR count). The number of hydrogen-bond acceptors (Lipinski definition) is 3. The zero-order valence-corrected chi connectivity index (χ0v) is 40.6. The number of aromatic nitrogens is 2. The molecule has 0 fully saturated rings. The number of fused-ring (bicyclic) bond motifs is 4. The molecule has 0 saturated carbocycles. The van der Waals surface area contributed by atoms with E-state index in [9.17, 15) is 0 Å². The maximum absolute atomic E-state index is 7.26. The third kappa shape index (κ3) is 10.3. The van der Waals surface area contributed by atoms with Gasteiger partial charge in [0, 0.05) is 63.7 Å². The molecule has 60 heavy (non-hydrogen) atoms. The fraction of sp³-hybridized carbons (Fsp3) is 0.154. The number of para-hydroxylation sites is 2. The molecule has 308 valence electrons. The van der Waals surface area contributed by atoms with Gasteiger partial charge in [0.05, 0.1) is 0 Å². The number of hydrogen-bond donors (Lipinski definition) is 0. The van der Waals surface area contributed by atoms with Gasteiger partial charge in [-0.1, -0.05) is 177 Å². The van der Waals surface area contributed by atoms with E-state index >= 15 is 0 Å². The summed E-state index contributed by atoms with van der Waals surface area (Å²) in [4.78, 5) is 11.0. The second kappa shape index (κ2) is 20.5. The van der Waals surface area contributed by atoms with Crippen LogP contribution in [0.25, 0.3) is 22.9 Å². The number of allylic oxidation sites excluding steroid dienone is 4. The van der Waals surface area contributed by atoms with Crippen LogP contribution in [0.1, 0.15) is 23.2 Å². The predicted octanol–water partition coefficient (Wildman–Crippen LogP) is 9.06. The van der Waals surface area contributed by atoms with Gasteiger partial charge >= 0.3 is 0 Å². The molecule has 0 bridgehead atoms. The number of rotatable bonds is 7. The molecule has 4 heterocycles. The first-order valence-electron chi connectivity index (χ1n) is 19.7. The molecule has 0 amide bonds. The average Bonchev–Trinajstić information content (AvgIpc) is 4.04. The molecule has 1 aromatic heterocycles. The van der Waals surface area contributed by atoms with Crippen LogP contribution in [-0.4, -0.2) is 44.6 Å². The van der Waals surface area contributed by atoms with Crippen LogP contribution in [-0.2, 0) is 51.2 Å². The van der Waals surface area contributed by atoms with E-state index in [2.05, 4.69) is 169 Å². The quantitative estimate of drug-likeness (QED) is 0.0693. The van der Waals surface area contributed by atoms with E-state index in [0.717, 1.165) is 42.0 Å². The summed E-state index contributed by atoms with van der Waals surface area (Å²) < 4.78 is 1.94. The molecule has 2 radical (unpaired) electrons. The molecule has 0 spiro atoms. The van der Waals surface area contributed by atoms with Crippen LogP contribution < -0.4 is 20.5 Å². The largest absolute Gasteiger partial charge is 0.494 e. The monoisotopic (exact) mass is 1180 g/mol. The Kier molecular flexibility index (Phi) is 15.8. The Hall–Kier alpha value is -4.97. The third-order valence-electron chi connectivity index (χ3n) is 11.2. The van der Waals surface area contributed by atoms with Crippen LogP contribution in [0.3, 0.4) is 0 Å². The van der Waals surface area contributed by atoms with Gasteiger partial charge in [0.25, 0.3) is 0 Å². The summed E-state index contributed by atoms with van der Waals surface area (Å²) in [5.41, 5.74) is 8.86. The Morgan fingerprint density at radius 1 is 0.783 bits per heavy atom. The summed E-state index contributed by atoms with van der Waals surface area (Å²) in [6.07, 6.45) is 30.6. The van der Waals surface area contributed by atoms with Gasteiger partial charge in [0.15, 0.2) is 0 Å². The molecule has 3 aliphatic rings. The second-order valence-electron chi connectivity index (χ2n) is 15.8. The van der Waals surface area contributed by atoms with Crippen LogP contribution in [0, 0.1) is 31.0 Å². The molecular weight excluding hydrogens is 1130 g/mol. The van der Waals surface area contributed by atoms with Crippen molar-refractivity contribution in [1.29, 1.82) is 0 Å². The SMILES string of the molecule is [Au].[Au].[C-]#CC(=C)/C=C\C1=Cc2ccccc2[Si]1(C)C.[C-]#Cc1ccc2c(c1)[Si](C)(C)c1ccccc1-2.[C-]1=NC(CCc2cn(-c3ccccc3)[c-]n2)CN1c1ccccc1. The number of nitrogens with zero attached hydrogens (tertiary/aromatic N) is 4. The van der Waals surface area contributed by atoms with Gasteiger partial charge in [0.2, 0.25) is 0 Å². The second-order valence-corrected chi connectivity index (χ2v) is 24.5. The van der Waals surface area contributed by atoms with Gasteiger partial charge in [-0.3, -0.25) is 11.8 Å². The summed E-state index contributed by atoms with van der Waals surface area (Å²) in [7, 11) is -3.08. The number of aliphatic imine (C=N–C) groups is 1. The fourth-order valence-electron chi connectivity index (χ4n) is 7.82. The van der Waals surface area contributed by atoms with Crippen molar-refractivity contribution in [1.82, 2.24) is 9.55 Å². The normalized spacial score (nSPS) is 15.5. The van der Waals surface area contributed by atoms with Crippen molar-refractivity contribution >= 4 is 49.8 Å². The molecule has 1 atom stereocenters. The Balaban J connectivity index is 0.000000172. The predicted molar refractivity (Wildman–Crippen MR) is 248 cm³/mol. The Bertz CT molecular complexity index is 2610. The molecule has 8 heteroatoms. The van der Waals surface area contributed by atoms with E-state index in [0.29, 0.717) is 5.57 Å². The van der Waals surface area contributed by atoms with Crippen LogP contribution in [0.2, 0.25) is 26.2 Å². The van der Waals surface area contributed by atoms with Crippen molar-refractivity contribution in [2.75, 3.05) is 11.4 Å². The molecule has 5 aromatic carbocycles. The molecule has 4 nitrogen and oxygen atoms in total. The van der Waals surface area contributed by atoms with Crippen LogP contribution >= 0.6 is 0 Å². The molecule has 3 aliphatic heterocycles. The van der Waals surface area contributed by atoms with E-state index in [-0.39, 0.29) is 50.8 Å². The number of aryl methyl sites for hydroxylation is 1. The summed E-state index contributed by atoms with van der Waals surface area (Å²) in [5, 5.41) is 5.83. The summed E-state index contributed by atoms with van der Waals surface area (Å²) in [6.45, 7) is 14.1. The van der Waals surface area contributed by atoms with Gasteiger partial charge in [-0.15, -0.1) is 47.2 Å². The first kappa shape index (κ1) is 46.1. The van der Waals surface area contributed by atoms with E-state index in [1.54, 1.807) is 0 Å². The van der Waals surface area contributed by atoms with Gasteiger partial charge in [-0.25, -0.2) is 0 Å². The topological polar surface area (TPSA) is 33.4 Å². The smallest absolute Gasteiger partial charge is 0.112 e. The number of benzene rings is 5. The van der Waals surface area contributed by atoms with Crippen LogP contribution in [0.15, 0.2) is 168 Å². The number of anilines is 1. The van der Waals surface area contributed by atoms with Gasteiger partial charge < -0.3 is 32.3 Å². The summed E-state index contributed by atoms with van der Waals surface area (Å²) in [5.74, 6) is 4.79. The van der Waals surface area contributed by atoms with E-state index < -0.39 is 16.1 Å². The number of imidazole rings is 1. The standard InChI is InChI=1S/C20H18N4.C16H13Si.C16H15Si.2Au/c1-3-7-19(8-4-1)23-13-17(21-15-23)11-12-18-14-24(16-22-18)20-9-5-2-6-10-20;1-4-12-9-10-14-13-7-5-6-8-15(13)17(2,3)16(14)11-12;1-5-13(2)10-11-15-12-14-8-6-7-9-16(14)17(15,3)4;;/h1-10,13,18H,11-12,14H2;5-11H,2-3H3;6-12H,2H2,3-4H3;;/q-2;2*-1;;/b;;11-10-;;. The first-order valence-corrected chi connectivity index (χ1v) is 25.7. The van der Waals surface area contributed by atoms with Crippen molar-refractivity contribution in [2.24, 2.45) is 4.99 Å². The molecule has 1 unspecified atom stereocenters. The Morgan fingerprint density at radius 2 is 1.42 bits per heavy atom. The van der Waals surface area contributed by atoms with Crippen LogP contribution in [0.5, 0.6) is 0 Å². The van der Waals surface area contributed by atoms with Crippen LogP contribution in [0.4, 0.5) is 5.69 Å². The van der Waals surface area contributed by atoms with E-state index in [4.69, 9.17) is 12.8 Å².